The van der Waals surface area contributed by atoms with Crippen LogP contribution in [-0.2, 0) is 17.6 Å². The topological polar surface area (TPSA) is 89.4 Å². The number of methoxy groups -OCH3 is 1. The van der Waals surface area contributed by atoms with Crippen molar-refractivity contribution in [2.24, 2.45) is 0 Å². The van der Waals surface area contributed by atoms with E-state index in [9.17, 15) is 18.4 Å². The molecule has 174 valence electrons. The molecular weight excluding hydrogens is 454 g/mol. The fraction of sp³-hybridized carbons (Fsp3) is 0.111. The molecule has 2 aliphatic rings. The number of rotatable bonds is 2. The van der Waals surface area contributed by atoms with Crippen LogP contribution in [0.2, 0.25) is 0 Å². The van der Waals surface area contributed by atoms with E-state index in [-0.39, 0.29) is 23.2 Å². The predicted octanol–water partition coefficient (Wildman–Crippen LogP) is 5.07. The smallest absolute Gasteiger partial charge is 0.337 e. The van der Waals surface area contributed by atoms with Crippen LogP contribution >= 0.6 is 0 Å². The standard InChI is InChI=1S/C14H10FNO2.C13H8FNO2/c1-18-14(17)8-2-3-11-9(4-8)5-10-6-16-7-12(15)13(10)11;14-11-6-15-5-9-4-8-3-7(13(16)17)1-2-10(8)12(9)11/h2-4,6-7H,5H2,1H3;1-3,5-6H,4H2,(H,16,17). The highest BCUT2D eigenvalue weighted by Gasteiger charge is 2.24. The van der Waals surface area contributed by atoms with Crippen LogP contribution in [0.5, 0.6) is 0 Å². The summed E-state index contributed by atoms with van der Waals surface area (Å²) in [6.45, 7) is 0. The number of halogens is 2. The van der Waals surface area contributed by atoms with E-state index >= 15 is 0 Å². The molecule has 0 aliphatic heterocycles. The summed E-state index contributed by atoms with van der Waals surface area (Å²) < 4.78 is 32.1. The number of carboxylic acids is 1. The number of carboxylic acid groups (broad SMARTS) is 1. The van der Waals surface area contributed by atoms with Crippen molar-refractivity contribution in [3.63, 3.8) is 0 Å². The maximum atomic E-state index is 13.7. The Hall–Kier alpha value is -4.46. The molecule has 2 heterocycles. The maximum absolute atomic E-state index is 13.7. The molecule has 0 fully saturated rings. The van der Waals surface area contributed by atoms with E-state index in [0.29, 0.717) is 29.5 Å². The van der Waals surface area contributed by atoms with Crippen LogP contribution < -0.4 is 0 Å². The van der Waals surface area contributed by atoms with Crippen molar-refractivity contribution in [3.05, 3.63) is 106 Å². The average Bonchev–Trinajstić information content (AvgIpc) is 3.42. The zero-order chi connectivity index (χ0) is 24.7. The summed E-state index contributed by atoms with van der Waals surface area (Å²) >= 11 is 0. The van der Waals surface area contributed by atoms with Gasteiger partial charge < -0.3 is 9.84 Å². The van der Waals surface area contributed by atoms with Crippen LogP contribution in [0.1, 0.15) is 43.0 Å². The summed E-state index contributed by atoms with van der Waals surface area (Å²) in [5, 5.41) is 8.90. The van der Waals surface area contributed by atoms with E-state index in [1.54, 1.807) is 42.7 Å². The Morgan fingerprint density at radius 1 is 0.771 bits per heavy atom. The number of nitrogens with zero attached hydrogens (tertiary/aromatic N) is 2. The molecule has 0 atom stereocenters. The number of benzene rings is 2. The highest BCUT2D eigenvalue weighted by molar-refractivity contribution is 5.92. The van der Waals surface area contributed by atoms with Gasteiger partial charge in [0.2, 0.25) is 0 Å². The van der Waals surface area contributed by atoms with Crippen LogP contribution in [-0.4, -0.2) is 34.1 Å². The molecule has 35 heavy (non-hydrogen) atoms. The average molecular weight is 472 g/mol. The van der Waals surface area contributed by atoms with Crippen LogP contribution in [0.3, 0.4) is 0 Å². The second-order valence-corrected chi connectivity index (χ2v) is 8.21. The highest BCUT2D eigenvalue weighted by Crippen LogP contribution is 2.39. The second-order valence-electron chi connectivity index (χ2n) is 8.21. The number of fused-ring (bicyclic) bond motifs is 6. The minimum Gasteiger partial charge on any atom is -0.478 e. The molecule has 0 radical (unpaired) electrons. The SMILES string of the molecule is COC(=O)c1ccc2c(c1)Cc1cncc(F)c1-2.O=C(O)c1ccc2c(c1)Cc1cncc(F)c1-2. The van der Waals surface area contributed by atoms with Gasteiger partial charge in [0, 0.05) is 36.4 Å². The Labute approximate surface area is 198 Å². The molecule has 0 saturated carbocycles. The van der Waals surface area contributed by atoms with E-state index < -0.39 is 5.97 Å². The van der Waals surface area contributed by atoms with Gasteiger partial charge in [0.1, 0.15) is 11.6 Å². The molecule has 6 rings (SSSR count). The number of carbonyl (C=O) groups is 2. The van der Waals surface area contributed by atoms with Crippen LogP contribution in [0.25, 0.3) is 22.3 Å². The van der Waals surface area contributed by atoms with Gasteiger partial charge >= 0.3 is 11.9 Å². The number of aromatic carboxylic acids is 1. The first-order valence-electron chi connectivity index (χ1n) is 10.7. The molecule has 2 aromatic heterocycles. The summed E-state index contributed by atoms with van der Waals surface area (Å²) in [6.07, 6.45) is 6.81. The lowest BCUT2D eigenvalue weighted by molar-refractivity contribution is 0.0599. The van der Waals surface area contributed by atoms with Gasteiger partial charge in [-0.25, -0.2) is 18.4 Å². The van der Waals surface area contributed by atoms with Gasteiger partial charge in [-0.3, -0.25) is 9.97 Å². The van der Waals surface area contributed by atoms with Gasteiger partial charge in [-0.2, -0.15) is 0 Å². The third kappa shape index (κ3) is 3.93. The van der Waals surface area contributed by atoms with Crippen molar-refractivity contribution in [1.82, 2.24) is 9.97 Å². The summed E-state index contributed by atoms with van der Waals surface area (Å²) in [6, 6.07) is 9.91. The van der Waals surface area contributed by atoms with Gasteiger partial charge in [0.05, 0.1) is 30.6 Å². The molecular formula is C27H18F2N2O4. The number of hydrogen-bond acceptors (Lipinski definition) is 5. The molecule has 0 bridgehead atoms. The monoisotopic (exact) mass is 472 g/mol. The third-order valence-corrected chi connectivity index (χ3v) is 6.14. The van der Waals surface area contributed by atoms with Crippen molar-refractivity contribution in [3.8, 4) is 22.3 Å². The van der Waals surface area contributed by atoms with Gasteiger partial charge in [-0.05, 0) is 57.6 Å². The summed E-state index contributed by atoms with van der Waals surface area (Å²) in [7, 11) is 1.34. The lowest BCUT2D eigenvalue weighted by Crippen LogP contribution is -2.01. The predicted molar refractivity (Wildman–Crippen MR) is 123 cm³/mol. The van der Waals surface area contributed by atoms with Gasteiger partial charge in [0.25, 0.3) is 0 Å². The fourth-order valence-electron chi connectivity index (χ4n) is 4.58. The highest BCUT2D eigenvalue weighted by atomic mass is 19.1. The molecule has 6 nitrogen and oxygen atoms in total. The molecule has 0 saturated heterocycles. The maximum Gasteiger partial charge on any atom is 0.337 e. The normalized spacial score (nSPS) is 12.0. The van der Waals surface area contributed by atoms with Crippen molar-refractivity contribution in [2.75, 3.05) is 7.11 Å². The van der Waals surface area contributed by atoms with E-state index in [2.05, 4.69) is 14.7 Å². The first-order chi connectivity index (χ1) is 16.9. The van der Waals surface area contributed by atoms with Crippen LogP contribution in [0.15, 0.2) is 61.2 Å². The molecule has 1 N–H and O–H groups in total. The van der Waals surface area contributed by atoms with Crippen LogP contribution in [0, 0.1) is 11.6 Å². The first kappa shape index (κ1) is 22.3. The minimum absolute atomic E-state index is 0.227. The molecule has 2 aromatic carbocycles. The number of ether oxygens (including phenoxy) is 1. The van der Waals surface area contributed by atoms with Crippen molar-refractivity contribution >= 4 is 11.9 Å². The Kier molecular flexibility index (Phi) is 5.56. The molecule has 0 spiro atoms. The number of carbonyl (C=O) groups excluding carboxylic acids is 1. The summed E-state index contributed by atoms with van der Waals surface area (Å²) in [4.78, 5) is 29.9. The Morgan fingerprint density at radius 3 is 1.74 bits per heavy atom. The fourth-order valence-corrected chi connectivity index (χ4v) is 4.58. The molecule has 0 amide bonds. The quantitative estimate of drug-likeness (QED) is 0.354. The van der Waals surface area contributed by atoms with Gasteiger partial charge in [-0.15, -0.1) is 0 Å². The zero-order valence-corrected chi connectivity index (χ0v) is 18.5. The third-order valence-electron chi connectivity index (χ3n) is 6.14. The van der Waals surface area contributed by atoms with Crippen LogP contribution in [0.4, 0.5) is 8.78 Å². The Morgan fingerprint density at radius 2 is 1.26 bits per heavy atom. The second kappa shape index (κ2) is 8.72. The lowest BCUT2D eigenvalue weighted by Gasteiger charge is -2.04. The largest absolute Gasteiger partial charge is 0.478 e. The van der Waals surface area contributed by atoms with E-state index in [4.69, 9.17) is 5.11 Å². The summed E-state index contributed by atoms with van der Waals surface area (Å²) in [5.74, 6) is -2.03. The molecule has 4 aromatic rings. The zero-order valence-electron chi connectivity index (χ0n) is 18.5. The molecule has 8 heteroatoms. The number of aromatic nitrogens is 2. The lowest BCUT2D eigenvalue weighted by atomic mass is 10.0. The van der Waals surface area contributed by atoms with E-state index in [1.807, 2.05) is 0 Å². The van der Waals surface area contributed by atoms with E-state index in [1.165, 1.54) is 25.6 Å². The van der Waals surface area contributed by atoms with Crippen molar-refractivity contribution in [1.29, 1.82) is 0 Å². The number of pyridine rings is 2. The first-order valence-corrected chi connectivity index (χ1v) is 10.7. The number of hydrogen-bond donors (Lipinski definition) is 1. The molecule has 0 unspecified atom stereocenters. The van der Waals surface area contributed by atoms with E-state index in [0.717, 1.165) is 33.4 Å². The summed E-state index contributed by atoms with van der Waals surface area (Å²) in [5.41, 5.74) is 6.88. The Bertz CT molecular complexity index is 1520. The van der Waals surface area contributed by atoms with Gasteiger partial charge in [-0.1, -0.05) is 12.1 Å². The van der Waals surface area contributed by atoms with Crippen molar-refractivity contribution in [2.45, 2.75) is 12.8 Å². The minimum atomic E-state index is -0.970. The number of esters is 1. The Balaban J connectivity index is 0.000000145. The molecule has 2 aliphatic carbocycles. The van der Waals surface area contributed by atoms with Crippen molar-refractivity contribution < 1.29 is 28.2 Å². The van der Waals surface area contributed by atoms with Gasteiger partial charge in [0.15, 0.2) is 0 Å².